The van der Waals surface area contributed by atoms with Crippen molar-refractivity contribution >= 4 is 11.3 Å². The van der Waals surface area contributed by atoms with Gasteiger partial charge in [-0.15, -0.1) is 11.3 Å². The number of nitrogens with one attached hydrogen (secondary N) is 1. The van der Waals surface area contributed by atoms with E-state index in [0.29, 0.717) is 0 Å². The Hall–Kier alpha value is -0.490. The van der Waals surface area contributed by atoms with Crippen LogP contribution in [0, 0.1) is 12.3 Å². The Morgan fingerprint density at radius 2 is 2.32 bits per heavy atom. The monoisotopic (exact) mass is 283 g/mol. The van der Waals surface area contributed by atoms with Gasteiger partial charge < -0.3 is 15.8 Å². The van der Waals surface area contributed by atoms with Crippen molar-refractivity contribution < 1.29 is 4.74 Å². The molecule has 108 valence electrons. The number of hydrogen-bond acceptors (Lipinski definition) is 5. The maximum absolute atomic E-state index is 6.51. The van der Waals surface area contributed by atoms with Crippen LogP contribution in [0.1, 0.15) is 37.9 Å². The zero-order chi connectivity index (χ0) is 14.1. The molecule has 1 saturated carbocycles. The molecule has 5 heteroatoms. The summed E-state index contributed by atoms with van der Waals surface area (Å²) in [6.45, 7) is 10.8. The molecule has 1 aromatic rings. The van der Waals surface area contributed by atoms with Gasteiger partial charge in [0.1, 0.15) is 5.01 Å². The summed E-state index contributed by atoms with van der Waals surface area (Å²) in [6, 6.07) is 0. The van der Waals surface area contributed by atoms with Crippen LogP contribution >= 0.6 is 11.3 Å². The first-order valence-electron chi connectivity index (χ1n) is 6.91. The highest BCUT2D eigenvalue weighted by atomic mass is 32.1. The van der Waals surface area contributed by atoms with E-state index in [4.69, 9.17) is 10.5 Å². The first-order valence-corrected chi connectivity index (χ1v) is 7.79. The average Bonchev–Trinajstić information content (AvgIpc) is 2.75. The normalized spacial score (nSPS) is 29.2. The molecule has 0 spiro atoms. The van der Waals surface area contributed by atoms with Gasteiger partial charge in [-0.05, 0) is 20.3 Å². The predicted molar refractivity (Wildman–Crippen MR) is 79.3 cm³/mol. The van der Waals surface area contributed by atoms with Crippen LogP contribution in [0.5, 0.6) is 0 Å². The molecule has 0 amide bonds. The van der Waals surface area contributed by atoms with E-state index in [2.05, 4.69) is 29.5 Å². The molecule has 1 aliphatic rings. The molecule has 0 aromatic carbocycles. The fourth-order valence-corrected chi connectivity index (χ4v) is 3.42. The lowest BCUT2D eigenvalue weighted by atomic mass is 9.54. The van der Waals surface area contributed by atoms with Crippen molar-refractivity contribution in [1.82, 2.24) is 10.3 Å². The third-order valence-corrected chi connectivity index (χ3v) is 5.36. The summed E-state index contributed by atoms with van der Waals surface area (Å²) in [4.78, 5) is 4.45. The van der Waals surface area contributed by atoms with Gasteiger partial charge in [-0.25, -0.2) is 4.98 Å². The van der Waals surface area contributed by atoms with E-state index in [9.17, 15) is 0 Å². The number of aromatic nitrogens is 1. The smallest absolute Gasteiger partial charge is 0.107 e. The van der Waals surface area contributed by atoms with E-state index in [0.717, 1.165) is 36.8 Å². The minimum absolute atomic E-state index is 0.0226. The molecular weight excluding hydrogens is 258 g/mol. The standard InChI is InChI=1S/C14H25N3OS/c1-5-18-11-6-14(15,13(11,3)4)9-16-7-12-17-10(2)8-19-12/h8,11,16H,5-7,9,15H2,1-4H3. The molecule has 1 aliphatic carbocycles. The Balaban J connectivity index is 1.83. The fourth-order valence-electron chi connectivity index (χ4n) is 2.68. The minimum atomic E-state index is -0.181. The van der Waals surface area contributed by atoms with Gasteiger partial charge in [0.15, 0.2) is 0 Å². The molecule has 2 rings (SSSR count). The van der Waals surface area contributed by atoms with Crippen LogP contribution in [0.2, 0.25) is 0 Å². The highest BCUT2D eigenvalue weighted by Gasteiger charge is 2.58. The lowest BCUT2D eigenvalue weighted by molar-refractivity contribution is -0.148. The fraction of sp³-hybridized carbons (Fsp3) is 0.786. The Bertz CT molecular complexity index is 432. The van der Waals surface area contributed by atoms with Gasteiger partial charge >= 0.3 is 0 Å². The van der Waals surface area contributed by atoms with Gasteiger partial charge in [0.2, 0.25) is 0 Å². The topological polar surface area (TPSA) is 60.2 Å². The van der Waals surface area contributed by atoms with Crippen LogP contribution in [0.15, 0.2) is 5.38 Å². The summed E-state index contributed by atoms with van der Waals surface area (Å²) in [6.07, 6.45) is 1.21. The first kappa shape index (κ1) is 14.9. The lowest BCUT2D eigenvalue weighted by Crippen LogP contribution is -2.73. The second-order valence-corrected chi connectivity index (χ2v) is 6.95. The molecule has 4 nitrogen and oxygen atoms in total. The largest absolute Gasteiger partial charge is 0.378 e. The molecule has 0 saturated heterocycles. The lowest BCUT2D eigenvalue weighted by Gasteiger charge is -2.59. The van der Waals surface area contributed by atoms with Crippen LogP contribution in [0.3, 0.4) is 0 Å². The highest BCUT2D eigenvalue weighted by Crippen LogP contribution is 2.49. The second kappa shape index (κ2) is 5.48. The van der Waals surface area contributed by atoms with E-state index in [-0.39, 0.29) is 17.1 Å². The van der Waals surface area contributed by atoms with E-state index >= 15 is 0 Å². The molecule has 1 fully saturated rings. The van der Waals surface area contributed by atoms with E-state index in [1.807, 2.05) is 13.8 Å². The number of aryl methyl sites for hydroxylation is 1. The van der Waals surface area contributed by atoms with Crippen molar-refractivity contribution in [3.63, 3.8) is 0 Å². The zero-order valence-corrected chi connectivity index (χ0v) is 13.1. The summed E-state index contributed by atoms with van der Waals surface area (Å²) < 4.78 is 5.74. The molecule has 1 aromatic heterocycles. The molecule has 0 radical (unpaired) electrons. The van der Waals surface area contributed by atoms with Gasteiger partial charge in [0, 0.05) is 41.7 Å². The molecule has 0 aliphatic heterocycles. The summed E-state index contributed by atoms with van der Waals surface area (Å²) >= 11 is 1.70. The third kappa shape index (κ3) is 2.84. The number of hydrogen-bond donors (Lipinski definition) is 2. The number of nitrogens with zero attached hydrogens (tertiary/aromatic N) is 1. The first-order chi connectivity index (χ1) is 8.89. The average molecular weight is 283 g/mol. The van der Waals surface area contributed by atoms with Crippen LogP contribution < -0.4 is 11.1 Å². The van der Waals surface area contributed by atoms with Crippen LogP contribution in [-0.2, 0) is 11.3 Å². The van der Waals surface area contributed by atoms with E-state index in [1.165, 1.54) is 0 Å². The van der Waals surface area contributed by atoms with Gasteiger partial charge in [-0.2, -0.15) is 0 Å². The number of ether oxygens (including phenoxy) is 1. The maximum Gasteiger partial charge on any atom is 0.107 e. The molecule has 19 heavy (non-hydrogen) atoms. The molecule has 3 N–H and O–H groups in total. The van der Waals surface area contributed by atoms with Crippen molar-refractivity contribution in [3.05, 3.63) is 16.1 Å². The van der Waals surface area contributed by atoms with Gasteiger partial charge in [-0.1, -0.05) is 13.8 Å². The summed E-state index contributed by atoms with van der Waals surface area (Å²) in [5.41, 5.74) is 7.44. The Morgan fingerprint density at radius 3 is 2.84 bits per heavy atom. The molecule has 2 atom stereocenters. The van der Waals surface area contributed by atoms with E-state index < -0.39 is 0 Å². The maximum atomic E-state index is 6.51. The van der Waals surface area contributed by atoms with Gasteiger partial charge in [0.05, 0.1) is 6.10 Å². The van der Waals surface area contributed by atoms with E-state index in [1.54, 1.807) is 11.3 Å². The molecule has 0 bridgehead atoms. The van der Waals surface area contributed by atoms with Crippen molar-refractivity contribution in [3.8, 4) is 0 Å². The third-order valence-electron chi connectivity index (χ3n) is 4.39. The predicted octanol–water partition coefficient (Wildman–Crippen LogP) is 2.07. The van der Waals surface area contributed by atoms with Crippen molar-refractivity contribution in [2.24, 2.45) is 11.1 Å². The zero-order valence-electron chi connectivity index (χ0n) is 12.3. The van der Waals surface area contributed by atoms with Crippen molar-refractivity contribution in [2.45, 2.75) is 52.3 Å². The molecule has 2 unspecified atom stereocenters. The van der Waals surface area contributed by atoms with Crippen LogP contribution in [0.25, 0.3) is 0 Å². The van der Waals surface area contributed by atoms with Crippen LogP contribution in [-0.4, -0.2) is 29.8 Å². The number of nitrogens with two attached hydrogens (primary N) is 1. The van der Waals surface area contributed by atoms with Gasteiger partial charge in [-0.3, -0.25) is 0 Å². The highest BCUT2D eigenvalue weighted by molar-refractivity contribution is 7.09. The second-order valence-electron chi connectivity index (χ2n) is 6.01. The number of rotatable bonds is 6. The summed E-state index contributed by atoms with van der Waals surface area (Å²) in [5, 5.41) is 6.64. The quantitative estimate of drug-likeness (QED) is 0.839. The Kier molecular flexibility index (Phi) is 4.30. The molecular formula is C14H25N3OS. The van der Waals surface area contributed by atoms with Crippen molar-refractivity contribution in [2.75, 3.05) is 13.2 Å². The number of thiazole rings is 1. The summed E-state index contributed by atoms with van der Waals surface area (Å²) in [7, 11) is 0. The molecule has 1 heterocycles. The van der Waals surface area contributed by atoms with Crippen molar-refractivity contribution in [1.29, 1.82) is 0 Å². The van der Waals surface area contributed by atoms with Crippen LogP contribution in [0.4, 0.5) is 0 Å². The Morgan fingerprint density at radius 1 is 1.58 bits per heavy atom. The minimum Gasteiger partial charge on any atom is -0.378 e. The van der Waals surface area contributed by atoms with Gasteiger partial charge in [0.25, 0.3) is 0 Å². The summed E-state index contributed by atoms with van der Waals surface area (Å²) in [5.74, 6) is 0. The Labute approximate surface area is 119 Å². The SMILES string of the molecule is CCOC1CC(N)(CNCc2nc(C)cs2)C1(C)C.